The molecular weight excluding hydrogens is 252 g/mol. The Kier molecular flexibility index (Phi) is 5.01. The van der Waals surface area contributed by atoms with Gasteiger partial charge in [-0.15, -0.1) is 0 Å². The zero-order chi connectivity index (χ0) is 14.5. The van der Waals surface area contributed by atoms with E-state index in [1.54, 1.807) is 7.11 Å². The van der Waals surface area contributed by atoms with Gasteiger partial charge in [-0.1, -0.05) is 19.9 Å². The van der Waals surface area contributed by atoms with Gasteiger partial charge in [-0.05, 0) is 36.6 Å². The minimum absolute atomic E-state index is 0.0702. The molecule has 4 heteroatoms. The first kappa shape index (κ1) is 14.9. The first-order valence-corrected chi connectivity index (χ1v) is 7.31. The van der Waals surface area contributed by atoms with Gasteiger partial charge in [0.1, 0.15) is 5.75 Å². The van der Waals surface area contributed by atoms with Crippen LogP contribution in [0.1, 0.15) is 42.1 Å². The number of carbonyl (C=O) groups is 1. The Labute approximate surface area is 121 Å². The second-order valence-electron chi connectivity index (χ2n) is 5.51. The average Bonchev–Trinajstić information content (AvgIpc) is 2.74. The van der Waals surface area contributed by atoms with Gasteiger partial charge >= 0.3 is 0 Å². The van der Waals surface area contributed by atoms with Crippen molar-refractivity contribution in [2.24, 2.45) is 0 Å². The fourth-order valence-electron chi connectivity index (χ4n) is 2.46. The highest BCUT2D eigenvalue weighted by Crippen LogP contribution is 2.26. The van der Waals surface area contributed by atoms with Gasteiger partial charge in [0.05, 0.1) is 12.7 Å². The maximum absolute atomic E-state index is 12.6. The van der Waals surface area contributed by atoms with Crippen molar-refractivity contribution in [1.29, 1.82) is 0 Å². The Bertz CT molecular complexity index is 464. The lowest BCUT2D eigenvalue weighted by molar-refractivity contribution is 0.0763. The summed E-state index contributed by atoms with van der Waals surface area (Å²) in [4.78, 5) is 14.5. The molecule has 1 aliphatic rings. The number of methoxy groups -OCH3 is 1. The van der Waals surface area contributed by atoms with Crippen LogP contribution in [0.3, 0.4) is 0 Å². The molecule has 20 heavy (non-hydrogen) atoms. The summed E-state index contributed by atoms with van der Waals surface area (Å²) in [5.41, 5.74) is 1.86. The van der Waals surface area contributed by atoms with Crippen LogP contribution in [0.25, 0.3) is 0 Å². The Hall–Kier alpha value is -1.55. The second-order valence-corrected chi connectivity index (χ2v) is 5.51. The molecule has 2 rings (SSSR count). The summed E-state index contributed by atoms with van der Waals surface area (Å²) >= 11 is 0. The van der Waals surface area contributed by atoms with Crippen LogP contribution in [-0.2, 0) is 0 Å². The van der Waals surface area contributed by atoms with Crippen molar-refractivity contribution >= 4 is 5.91 Å². The van der Waals surface area contributed by atoms with Crippen molar-refractivity contribution in [3.63, 3.8) is 0 Å². The van der Waals surface area contributed by atoms with Crippen LogP contribution in [0.4, 0.5) is 0 Å². The molecule has 0 radical (unpaired) electrons. The molecule has 0 unspecified atom stereocenters. The number of carbonyl (C=O) groups excluding carboxylic acids is 1. The van der Waals surface area contributed by atoms with E-state index >= 15 is 0 Å². The smallest absolute Gasteiger partial charge is 0.257 e. The molecule has 110 valence electrons. The number of hydrogen-bond acceptors (Lipinski definition) is 3. The second kappa shape index (κ2) is 6.75. The summed E-state index contributed by atoms with van der Waals surface area (Å²) in [5.74, 6) is 1.18. The van der Waals surface area contributed by atoms with Crippen molar-refractivity contribution in [2.75, 3.05) is 33.3 Å². The van der Waals surface area contributed by atoms with Crippen LogP contribution in [0.15, 0.2) is 18.2 Å². The molecule has 0 aliphatic carbocycles. The van der Waals surface area contributed by atoms with Crippen molar-refractivity contribution in [2.45, 2.75) is 26.2 Å². The molecule has 1 aliphatic heterocycles. The van der Waals surface area contributed by atoms with Gasteiger partial charge < -0.3 is 15.0 Å². The van der Waals surface area contributed by atoms with Crippen LogP contribution in [0.2, 0.25) is 0 Å². The quantitative estimate of drug-likeness (QED) is 0.920. The summed E-state index contributed by atoms with van der Waals surface area (Å²) in [6, 6.07) is 5.90. The maximum atomic E-state index is 12.6. The van der Waals surface area contributed by atoms with Gasteiger partial charge in [-0.3, -0.25) is 4.79 Å². The van der Waals surface area contributed by atoms with Crippen LogP contribution >= 0.6 is 0 Å². The number of amides is 1. The van der Waals surface area contributed by atoms with E-state index < -0.39 is 0 Å². The highest BCUT2D eigenvalue weighted by atomic mass is 16.5. The van der Waals surface area contributed by atoms with Crippen LogP contribution in [0, 0.1) is 0 Å². The average molecular weight is 276 g/mol. The van der Waals surface area contributed by atoms with Gasteiger partial charge in [0.25, 0.3) is 5.91 Å². The maximum Gasteiger partial charge on any atom is 0.257 e. The van der Waals surface area contributed by atoms with E-state index in [4.69, 9.17) is 4.74 Å². The minimum atomic E-state index is 0.0702. The van der Waals surface area contributed by atoms with Crippen molar-refractivity contribution < 1.29 is 9.53 Å². The van der Waals surface area contributed by atoms with E-state index in [2.05, 4.69) is 19.2 Å². The minimum Gasteiger partial charge on any atom is -0.496 e. The molecule has 0 saturated carbocycles. The Morgan fingerprint density at radius 3 is 2.80 bits per heavy atom. The molecule has 0 spiro atoms. The SMILES string of the molecule is COc1cc(C(C)C)ccc1C(=O)N1CCCNCC1. The third-order valence-corrected chi connectivity index (χ3v) is 3.75. The lowest BCUT2D eigenvalue weighted by Crippen LogP contribution is -2.34. The Morgan fingerprint density at radius 2 is 2.10 bits per heavy atom. The fraction of sp³-hybridized carbons (Fsp3) is 0.562. The summed E-state index contributed by atoms with van der Waals surface area (Å²) in [6.45, 7) is 7.67. The number of rotatable bonds is 3. The first-order chi connectivity index (χ1) is 9.63. The van der Waals surface area contributed by atoms with Gasteiger partial charge in [-0.25, -0.2) is 0 Å². The van der Waals surface area contributed by atoms with Crippen LogP contribution in [-0.4, -0.2) is 44.1 Å². The zero-order valence-electron chi connectivity index (χ0n) is 12.6. The Balaban J connectivity index is 2.24. The highest BCUT2D eigenvalue weighted by molar-refractivity contribution is 5.97. The summed E-state index contributed by atoms with van der Waals surface area (Å²) < 4.78 is 5.42. The zero-order valence-corrected chi connectivity index (χ0v) is 12.6. The summed E-state index contributed by atoms with van der Waals surface area (Å²) in [6.07, 6.45) is 0.998. The number of hydrogen-bond donors (Lipinski definition) is 1. The van der Waals surface area contributed by atoms with E-state index in [0.29, 0.717) is 17.2 Å². The lowest BCUT2D eigenvalue weighted by atomic mass is 10.0. The fourth-order valence-corrected chi connectivity index (χ4v) is 2.46. The molecule has 1 aromatic carbocycles. The first-order valence-electron chi connectivity index (χ1n) is 7.31. The van der Waals surface area contributed by atoms with E-state index in [-0.39, 0.29) is 5.91 Å². The molecule has 0 bridgehead atoms. The van der Waals surface area contributed by atoms with E-state index in [1.165, 1.54) is 5.56 Å². The predicted molar refractivity (Wildman–Crippen MR) is 80.5 cm³/mol. The lowest BCUT2D eigenvalue weighted by Gasteiger charge is -2.21. The summed E-state index contributed by atoms with van der Waals surface area (Å²) in [7, 11) is 1.63. The van der Waals surface area contributed by atoms with E-state index in [1.807, 2.05) is 23.1 Å². The van der Waals surface area contributed by atoms with Gasteiger partial charge in [0.2, 0.25) is 0 Å². The molecule has 1 amide bonds. The molecule has 0 aromatic heterocycles. The molecule has 1 aromatic rings. The molecule has 1 saturated heterocycles. The highest BCUT2D eigenvalue weighted by Gasteiger charge is 2.21. The molecule has 1 fully saturated rings. The molecular formula is C16H24N2O2. The largest absolute Gasteiger partial charge is 0.496 e. The summed E-state index contributed by atoms with van der Waals surface area (Å²) in [5, 5.41) is 3.31. The molecule has 1 N–H and O–H groups in total. The van der Waals surface area contributed by atoms with Gasteiger partial charge in [-0.2, -0.15) is 0 Å². The number of benzene rings is 1. The van der Waals surface area contributed by atoms with Crippen molar-refractivity contribution in [3.8, 4) is 5.75 Å². The van der Waals surface area contributed by atoms with Crippen molar-refractivity contribution in [1.82, 2.24) is 10.2 Å². The van der Waals surface area contributed by atoms with Gasteiger partial charge in [0.15, 0.2) is 0 Å². The Morgan fingerprint density at radius 1 is 1.30 bits per heavy atom. The van der Waals surface area contributed by atoms with E-state index in [0.717, 1.165) is 32.6 Å². The van der Waals surface area contributed by atoms with Crippen molar-refractivity contribution in [3.05, 3.63) is 29.3 Å². The topological polar surface area (TPSA) is 41.6 Å². The molecule has 4 nitrogen and oxygen atoms in total. The van der Waals surface area contributed by atoms with E-state index in [9.17, 15) is 4.79 Å². The van der Waals surface area contributed by atoms with Crippen LogP contribution in [0.5, 0.6) is 5.75 Å². The number of nitrogens with zero attached hydrogens (tertiary/aromatic N) is 1. The third kappa shape index (κ3) is 3.31. The standard InChI is InChI=1S/C16H24N2O2/c1-12(2)13-5-6-14(15(11-13)20-3)16(19)18-9-4-7-17-8-10-18/h5-6,11-12,17H,4,7-10H2,1-3H3. The van der Waals surface area contributed by atoms with Crippen LogP contribution < -0.4 is 10.1 Å². The predicted octanol–water partition coefficient (Wildman–Crippen LogP) is 2.25. The number of nitrogens with one attached hydrogen (secondary N) is 1. The molecule has 1 heterocycles. The number of ether oxygens (including phenoxy) is 1. The third-order valence-electron chi connectivity index (χ3n) is 3.75. The monoisotopic (exact) mass is 276 g/mol. The molecule has 0 atom stereocenters. The normalized spacial score (nSPS) is 16.1. The van der Waals surface area contributed by atoms with Gasteiger partial charge in [0, 0.05) is 19.6 Å².